The summed E-state index contributed by atoms with van der Waals surface area (Å²) in [6, 6.07) is 5.95. The second kappa shape index (κ2) is 8.11. The zero-order valence-electron chi connectivity index (χ0n) is 14.3. The molecule has 2 rings (SSSR count). The molecule has 0 aromatic heterocycles. The molecule has 23 heavy (non-hydrogen) atoms. The van der Waals surface area contributed by atoms with Crippen LogP contribution in [0.2, 0.25) is 0 Å². The maximum atomic E-state index is 12.7. The van der Waals surface area contributed by atoms with Crippen LogP contribution in [0.15, 0.2) is 18.2 Å². The number of hydrogen-bond acceptors (Lipinski definition) is 4. The Hall–Kier alpha value is -1.88. The van der Waals surface area contributed by atoms with Crippen LogP contribution < -0.4 is 0 Å². The third kappa shape index (κ3) is 5.06. The van der Waals surface area contributed by atoms with Crippen molar-refractivity contribution in [2.45, 2.75) is 27.2 Å². The van der Waals surface area contributed by atoms with Crippen LogP contribution in [0, 0.1) is 13.8 Å². The monoisotopic (exact) mass is 318 g/mol. The molecule has 126 valence electrons. The number of aryl methyl sites for hydroxylation is 2. The SMILES string of the molecule is CCOC(=O)CN1CCCN(C(=O)c2cc(C)cc(C)c2)CC1. The smallest absolute Gasteiger partial charge is 0.320 e. The lowest BCUT2D eigenvalue weighted by atomic mass is 10.1. The Bertz CT molecular complexity index is 551. The van der Waals surface area contributed by atoms with E-state index < -0.39 is 0 Å². The number of rotatable bonds is 4. The molecule has 1 heterocycles. The molecular weight excluding hydrogens is 292 g/mol. The van der Waals surface area contributed by atoms with Gasteiger partial charge in [-0.15, -0.1) is 0 Å². The van der Waals surface area contributed by atoms with Gasteiger partial charge in [0.1, 0.15) is 0 Å². The van der Waals surface area contributed by atoms with Crippen LogP contribution in [-0.2, 0) is 9.53 Å². The number of carbonyl (C=O) groups is 2. The second-order valence-corrected chi connectivity index (χ2v) is 6.10. The highest BCUT2D eigenvalue weighted by molar-refractivity contribution is 5.94. The predicted octanol–water partition coefficient (Wildman–Crippen LogP) is 2.01. The summed E-state index contributed by atoms with van der Waals surface area (Å²) < 4.78 is 4.99. The topological polar surface area (TPSA) is 49.9 Å². The van der Waals surface area contributed by atoms with Gasteiger partial charge < -0.3 is 9.64 Å². The summed E-state index contributed by atoms with van der Waals surface area (Å²) in [6.07, 6.45) is 0.871. The van der Waals surface area contributed by atoms with Gasteiger partial charge in [-0.1, -0.05) is 17.2 Å². The molecule has 0 atom stereocenters. The summed E-state index contributed by atoms with van der Waals surface area (Å²) in [7, 11) is 0. The molecule has 1 aliphatic heterocycles. The van der Waals surface area contributed by atoms with Crippen molar-refractivity contribution in [2.24, 2.45) is 0 Å². The number of nitrogens with zero attached hydrogens (tertiary/aromatic N) is 2. The van der Waals surface area contributed by atoms with E-state index in [2.05, 4.69) is 11.0 Å². The van der Waals surface area contributed by atoms with Crippen LogP contribution >= 0.6 is 0 Å². The normalized spacial score (nSPS) is 16.0. The van der Waals surface area contributed by atoms with E-state index in [9.17, 15) is 9.59 Å². The van der Waals surface area contributed by atoms with Crippen LogP contribution in [0.25, 0.3) is 0 Å². The minimum atomic E-state index is -0.193. The fraction of sp³-hybridized carbons (Fsp3) is 0.556. The van der Waals surface area contributed by atoms with Crippen LogP contribution in [0.4, 0.5) is 0 Å². The molecular formula is C18H26N2O3. The zero-order chi connectivity index (χ0) is 16.8. The van der Waals surface area contributed by atoms with Crippen molar-refractivity contribution in [1.29, 1.82) is 0 Å². The van der Waals surface area contributed by atoms with Gasteiger partial charge in [0.25, 0.3) is 5.91 Å². The van der Waals surface area contributed by atoms with Gasteiger partial charge in [-0.3, -0.25) is 14.5 Å². The van der Waals surface area contributed by atoms with E-state index in [0.29, 0.717) is 26.2 Å². The summed E-state index contributed by atoms with van der Waals surface area (Å²) in [5.74, 6) is -0.114. The van der Waals surface area contributed by atoms with Gasteiger partial charge in [-0.25, -0.2) is 0 Å². The predicted molar refractivity (Wildman–Crippen MR) is 89.5 cm³/mol. The Balaban J connectivity index is 1.97. The molecule has 0 unspecified atom stereocenters. The summed E-state index contributed by atoms with van der Waals surface area (Å²) in [6.45, 7) is 9.43. The minimum absolute atomic E-state index is 0.0785. The highest BCUT2D eigenvalue weighted by atomic mass is 16.5. The van der Waals surface area contributed by atoms with E-state index in [1.807, 2.05) is 37.8 Å². The first-order valence-corrected chi connectivity index (χ1v) is 8.25. The van der Waals surface area contributed by atoms with Crippen molar-refractivity contribution in [3.63, 3.8) is 0 Å². The maximum absolute atomic E-state index is 12.7. The van der Waals surface area contributed by atoms with E-state index >= 15 is 0 Å². The number of ether oxygens (including phenoxy) is 1. The summed E-state index contributed by atoms with van der Waals surface area (Å²) in [4.78, 5) is 28.2. The van der Waals surface area contributed by atoms with Gasteiger partial charge in [0, 0.05) is 31.7 Å². The lowest BCUT2D eigenvalue weighted by molar-refractivity contribution is -0.144. The molecule has 0 aliphatic carbocycles. The van der Waals surface area contributed by atoms with Gasteiger partial charge in [0.05, 0.1) is 13.2 Å². The summed E-state index contributed by atoms with van der Waals surface area (Å²) >= 11 is 0. The van der Waals surface area contributed by atoms with E-state index in [-0.39, 0.29) is 11.9 Å². The van der Waals surface area contributed by atoms with E-state index in [0.717, 1.165) is 36.2 Å². The standard InChI is InChI=1S/C18H26N2O3/c1-4-23-17(21)13-19-6-5-7-20(9-8-19)18(22)16-11-14(2)10-15(3)12-16/h10-12H,4-9,13H2,1-3H3. The van der Waals surface area contributed by atoms with E-state index in [1.165, 1.54) is 0 Å². The molecule has 0 N–H and O–H groups in total. The number of benzene rings is 1. The molecule has 1 saturated heterocycles. The molecule has 1 aromatic carbocycles. The maximum Gasteiger partial charge on any atom is 0.320 e. The fourth-order valence-electron chi connectivity index (χ4n) is 3.00. The summed E-state index contributed by atoms with van der Waals surface area (Å²) in [5, 5.41) is 0. The molecule has 0 bridgehead atoms. The Morgan fingerprint density at radius 3 is 2.39 bits per heavy atom. The van der Waals surface area contributed by atoms with Crippen molar-refractivity contribution in [1.82, 2.24) is 9.80 Å². The van der Waals surface area contributed by atoms with Gasteiger partial charge in [-0.2, -0.15) is 0 Å². The molecule has 5 nitrogen and oxygen atoms in total. The van der Waals surface area contributed by atoms with Crippen molar-refractivity contribution in [2.75, 3.05) is 39.3 Å². The second-order valence-electron chi connectivity index (χ2n) is 6.10. The number of hydrogen-bond donors (Lipinski definition) is 0. The zero-order valence-corrected chi connectivity index (χ0v) is 14.3. The molecule has 0 radical (unpaired) electrons. The third-order valence-electron chi connectivity index (χ3n) is 4.00. The highest BCUT2D eigenvalue weighted by Crippen LogP contribution is 2.13. The molecule has 0 saturated carbocycles. The van der Waals surface area contributed by atoms with Crippen LogP contribution in [-0.4, -0.2) is 61.0 Å². The Kier molecular flexibility index (Phi) is 6.16. The quantitative estimate of drug-likeness (QED) is 0.797. The number of esters is 1. The molecule has 0 spiro atoms. The number of carbonyl (C=O) groups excluding carboxylic acids is 2. The Morgan fingerprint density at radius 2 is 1.74 bits per heavy atom. The number of amides is 1. The molecule has 1 aromatic rings. The van der Waals surface area contributed by atoms with Gasteiger partial charge >= 0.3 is 5.97 Å². The third-order valence-corrected chi connectivity index (χ3v) is 4.00. The van der Waals surface area contributed by atoms with Crippen molar-refractivity contribution < 1.29 is 14.3 Å². The lowest BCUT2D eigenvalue weighted by Crippen LogP contribution is -2.37. The van der Waals surface area contributed by atoms with Crippen LogP contribution in [0.1, 0.15) is 34.8 Å². The first-order valence-electron chi connectivity index (χ1n) is 8.25. The first-order chi connectivity index (χ1) is 11.0. The van der Waals surface area contributed by atoms with Gasteiger partial charge in [0.15, 0.2) is 0 Å². The van der Waals surface area contributed by atoms with Crippen LogP contribution in [0.3, 0.4) is 0 Å². The minimum Gasteiger partial charge on any atom is -0.465 e. The van der Waals surface area contributed by atoms with Gasteiger partial charge in [0.2, 0.25) is 0 Å². The Morgan fingerprint density at radius 1 is 1.04 bits per heavy atom. The average Bonchev–Trinajstić information content (AvgIpc) is 2.71. The lowest BCUT2D eigenvalue weighted by Gasteiger charge is -2.22. The average molecular weight is 318 g/mol. The summed E-state index contributed by atoms with van der Waals surface area (Å²) in [5.41, 5.74) is 2.96. The molecule has 1 aliphatic rings. The Labute approximate surface area is 138 Å². The largest absolute Gasteiger partial charge is 0.465 e. The van der Waals surface area contributed by atoms with Gasteiger partial charge in [-0.05, 0) is 39.3 Å². The first kappa shape index (κ1) is 17.5. The molecule has 5 heteroatoms. The highest BCUT2D eigenvalue weighted by Gasteiger charge is 2.22. The van der Waals surface area contributed by atoms with Crippen molar-refractivity contribution in [3.8, 4) is 0 Å². The molecule has 1 amide bonds. The van der Waals surface area contributed by atoms with Crippen molar-refractivity contribution in [3.05, 3.63) is 34.9 Å². The van der Waals surface area contributed by atoms with E-state index in [4.69, 9.17) is 4.74 Å². The fourth-order valence-corrected chi connectivity index (χ4v) is 3.00. The van der Waals surface area contributed by atoms with Crippen molar-refractivity contribution >= 4 is 11.9 Å². The van der Waals surface area contributed by atoms with Crippen LogP contribution in [0.5, 0.6) is 0 Å². The van der Waals surface area contributed by atoms with E-state index in [1.54, 1.807) is 0 Å². The molecule has 1 fully saturated rings.